The van der Waals surface area contributed by atoms with Crippen molar-refractivity contribution in [1.82, 2.24) is 5.32 Å². The molecule has 152 valence electrons. The lowest BCUT2D eigenvalue weighted by Crippen LogP contribution is -2.42. The zero-order chi connectivity index (χ0) is 19.4. The summed E-state index contributed by atoms with van der Waals surface area (Å²) in [6.45, 7) is 4.52. The molecule has 1 saturated heterocycles. The fraction of sp³-hybridized carbons (Fsp3) is 0.889. The lowest BCUT2D eigenvalue weighted by Gasteiger charge is -2.24. The number of esters is 2. The summed E-state index contributed by atoms with van der Waals surface area (Å²) in [7, 11) is 1.79. The van der Waals surface area contributed by atoms with Crippen molar-refractivity contribution in [1.29, 1.82) is 0 Å². The number of unbranched alkanes of at least 4 members (excludes halogenated alkanes) is 2. The molecule has 0 bridgehead atoms. The van der Waals surface area contributed by atoms with E-state index >= 15 is 0 Å². The molecular formula is C18H33NO7. The molecule has 0 spiro atoms. The monoisotopic (exact) mass is 375 g/mol. The Balaban J connectivity index is 2.80. The van der Waals surface area contributed by atoms with Crippen LogP contribution in [-0.4, -0.2) is 68.5 Å². The van der Waals surface area contributed by atoms with Gasteiger partial charge >= 0.3 is 11.9 Å². The van der Waals surface area contributed by atoms with Crippen LogP contribution in [0.25, 0.3) is 0 Å². The number of aliphatic hydroxyl groups excluding tert-OH is 1. The fourth-order valence-corrected chi connectivity index (χ4v) is 2.58. The quantitative estimate of drug-likeness (QED) is 0.365. The minimum atomic E-state index is -0.890. The number of ether oxygens (including phenoxy) is 4. The smallest absolute Gasteiger partial charge is 0.306 e. The van der Waals surface area contributed by atoms with Gasteiger partial charge in [0.25, 0.3) is 0 Å². The Morgan fingerprint density at radius 2 is 1.62 bits per heavy atom. The van der Waals surface area contributed by atoms with Gasteiger partial charge in [-0.25, -0.2) is 0 Å². The fourth-order valence-electron chi connectivity index (χ4n) is 2.58. The second kappa shape index (κ2) is 13.0. The van der Waals surface area contributed by atoms with E-state index in [1.807, 2.05) is 13.8 Å². The predicted molar refractivity (Wildman–Crippen MR) is 94.4 cm³/mol. The molecule has 1 heterocycles. The first-order valence-corrected chi connectivity index (χ1v) is 9.48. The van der Waals surface area contributed by atoms with E-state index in [4.69, 9.17) is 18.9 Å². The van der Waals surface area contributed by atoms with E-state index in [0.717, 1.165) is 12.8 Å². The zero-order valence-corrected chi connectivity index (χ0v) is 16.1. The second-order valence-electron chi connectivity index (χ2n) is 6.32. The molecule has 2 N–H and O–H groups in total. The molecule has 4 unspecified atom stereocenters. The van der Waals surface area contributed by atoms with Gasteiger partial charge in [-0.1, -0.05) is 26.7 Å². The summed E-state index contributed by atoms with van der Waals surface area (Å²) in [6, 6.07) is 0. The van der Waals surface area contributed by atoms with Gasteiger partial charge in [0.1, 0.15) is 6.10 Å². The summed E-state index contributed by atoms with van der Waals surface area (Å²) in [5.74, 6) is -0.791. The number of aliphatic hydroxyl groups is 1. The average Bonchev–Trinajstić information content (AvgIpc) is 2.95. The molecule has 26 heavy (non-hydrogen) atoms. The Morgan fingerprint density at radius 1 is 1.04 bits per heavy atom. The minimum absolute atomic E-state index is 0.271. The van der Waals surface area contributed by atoms with Crippen molar-refractivity contribution < 1.29 is 33.6 Å². The van der Waals surface area contributed by atoms with Crippen molar-refractivity contribution in [2.24, 2.45) is 0 Å². The van der Waals surface area contributed by atoms with E-state index in [2.05, 4.69) is 5.32 Å². The summed E-state index contributed by atoms with van der Waals surface area (Å²) < 4.78 is 22.2. The molecule has 1 rings (SSSR count). The summed E-state index contributed by atoms with van der Waals surface area (Å²) in [6.07, 6.45) is 0.260. The highest BCUT2D eigenvalue weighted by molar-refractivity contribution is 5.70. The van der Waals surface area contributed by atoms with Crippen LogP contribution >= 0.6 is 0 Å². The van der Waals surface area contributed by atoms with Crippen LogP contribution in [0.2, 0.25) is 0 Å². The molecule has 8 nitrogen and oxygen atoms in total. The first-order valence-electron chi connectivity index (χ1n) is 9.48. The Morgan fingerprint density at radius 3 is 2.12 bits per heavy atom. The van der Waals surface area contributed by atoms with Gasteiger partial charge in [-0.3, -0.25) is 9.59 Å². The van der Waals surface area contributed by atoms with Gasteiger partial charge < -0.3 is 29.4 Å². The molecule has 8 heteroatoms. The highest BCUT2D eigenvalue weighted by atomic mass is 16.7. The Labute approximate surface area is 155 Å². The Bertz CT molecular complexity index is 418. The van der Waals surface area contributed by atoms with E-state index in [0.29, 0.717) is 26.0 Å². The standard InChI is InChI=1S/C18H33NO7/c1-4-6-8-14(21)25-16-13(12-20)24-18(23-11-10-19-3)17(16)26-15(22)9-7-5-2/h13,16-20H,4-12H2,1-3H3. The number of rotatable bonds is 13. The van der Waals surface area contributed by atoms with E-state index in [-0.39, 0.29) is 19.4 Å². The van der Waals surface area contributed by atoms with Crippen LogP contribution in [0.4, 0.5) is 0 Å². The van der Waals surface area contributed by atoms with Crippen LogP contribution in [0.15, 0.2) is 0 Å². The lowest BCUT2D eigenvalue weighted by atomic mass is 10.1. The van der Waals surface area contributed by atoms with Crippen LogP contribution in [0.1, 0.15) is 52.4 Å². The van der Waals surface area contributed by atoms with Crippen molar-refractivity contribution in [2.45, 2.75) is 77.0 Å². The molecule has 0 aromatic carbocycles. The number of hydrogen-bond donors (Lipinski definition) is 2. The first-order chi connectivity index (χ1) is 12.6. The van der Waals surface area contributed by atoms with Crippen molar-refractivity contribution in [2.75, 3.05) is 26.8 Å². The summed E-state index contributed by atoms with van der Waals surface area (Å²) in [4.78, 5) is 24.1. The van der Waals surface area contributed by atoms with Crippen LogP contribution in [0.5, 0.6) is 0 Å². The maximum Gasteiger partial charge on any atom is 0.306 e. The zero-order valence-electron chi connectivity index (χ0n) is 16.1. The Hall–Kier alpha value is -1.22. The van der Waals surface area contributed by atoms with Gasteiger partial charge in [0.05, 0.1) is 13.2 Å². The van der Waals surface area contributed by atoms with Gasteiger partial charge in [0.15, 0.2) is 18.5 Å². The van der Waals surface area contributed by atoms with Gasteiger partial charge in [0.2, 0.25) is 0 Å². The number of nitrogens with one attached hydrogen (secondary N) is 1. The molecular weight excluding hydrogens is 342 g/mol. The van der Waals surface area contributed by atoms with Crippen LogP contribution in [0.3, 0.4) is 0 Å². The molecule has 1 aliphatic heterocycles. The van der Waals surface area contributed by atoms with Crippen molar-refractivity contribution >= 4 is 11.9 Å². The summed E-state index contributed by atoms with van der Waals surface area (Å²) in [5, 5.41) is 12.5. The SMILES string of the molecule is CCCCC(=O)OC1C(CO)OC(OCCNC)C1OC(=O)CCCC. The maximum atomic E-state index is 12.1. The number of carbonyl (C=O) groups is 2. The molecule has 0 radical (unpaired) electrons. The van der Waals surface area contributed by atoms with Crippen LogP contribution < -0.4 is 5.32 Å². The first kappa shape index (κ1) is 22.8. The third-order valence-electron chi connectivity index (χ3n) is 4.09. The lowest BCUT2D eigenvalue weighted by molar-refractivity contribution is -0.190. The van der Waals surface area contributed by atoms with Gasteiger partial charge in [-0.2, -0.15) is 0 Å². The van der Waals surface area contributed by atoms with Gasteiger partial charge in [-0.05, 0) is 19.9 Å². The van der Waals surface area contributed by atoms with Crippen molar-refractivity contribution in [3.05, 3.63) is 0 Å². The third-order valence-corrected chi connectivity index (χ3v) is 4.09. The molecule has 0 amide bonds. The molecule has 4 atom stereocenters. The van der Waals surface area contributed by atoms with Crippen LogP contribution in [0, 0.1) is 0 Å². The molecule has 0 aliphatic carbocycles. The maximum absolute atomic E-state index is 12.1. The normalized spacial score (nSPS) is 25.2. The average molecular weight is 375 g/mol. The molecule has 0 aromatic rings. The number of hydrogen-bond acceptors (Lipinski definition) is 8. The molecule has 1 fully saturated rings. The second-order valence-corrected chi connectivity index (χ2v) is 6.32. The summed E-state index contributed by atoms with van der Waals surface area (Å²) >= 11 is 0. The largest absolute Gasteiger partial charge is 0.455 e. The van der Waals surface area contributed by atoms with E-state index < -0.39 is 36.5 Å². The predicted octanol–water partition coefficient (Wildman–Crippen LogP) is 1.14. The van der Waals surface area contributed by atoms with Crippen molar-refractivity contribution in [3.63, 3.8) is 0 Å². The third kappa shape index (κ3) is 7.57. The highest BCUT2D eigenvalue weighted by Gasteiger charge is 2.50. The van der Waals surface area contributed by atoms with E-state index in [1.54, 1.807) is 7.05 Å². The van der Waals surface area contributed by atoms with E-state index in [1.165, 1.54) is 0 Å². The topological polar surface area (TPSA) is 103 Å². The molecule has 0 aromatic heterocycles. The highest BCUT2D eigenvalue weighted by Crippen LogP contribution is 2.28. The van der Waals surface area contributed by atoms with Gasteiger partial charge in [0, 0.05) is 19.4 Å². The number of likely N-dealkylation sites (N-methyl/N-ethyl adjacent to an activating group) is 1. The minimum Gasteiger partial charge on any atom is -0.455 e. The molecule has 0 saturated carbocycles. The van der Waals surface area contributed by atoms with E-state index in [9.17, 15) is 14.7 Å². The molecule has 1 aliphatic rings. The van der Waals surface area contributed by atoms with Crippen molar-refractivity contribution in [3.8, 4) is 0 Å². The summed E-state index contributed by atoms with van der Waals surface area (Å²) in [5.41, 5.74) is 0. The number of carbonyl (C=O) groups excluding carboxylic acids is 2. The van der Waals surface area contributed by atoms with Gasteiger partial charge in [-0.15, -0.1) is 0 Å². The Kier molecular flexibility index (Phi) is 11.4. The van der Waals surface area contributed by atoms with Crippen LogP contribution in [-0.2, 0) is 28.5 Å².